The Labute approximate surface area is 187 Å². The number of aliphatic carboxylic acids is 2. The van der Waals surface area contributed by atoms with Gasteiger partial charge in [-0.15, -0.1) is 0 Å². The third kappa shape index (κ3) is 10.9. The molecule has 0 aliphatic carbocycles. The Kier molecular flexibility index (Phi) is 13.1. The molecular weight excluding hydrogens is 455 g/mol. The zero-order valence-electron chi connectivity index (χ0n) is 16.2. The van der Waals surface area contributed by atoms with Gasteiger partial charge in [0.25, 0.3) is 0 Å². The summed E-state index contributed by atoms with van der Waals surface area (Å²) in [5.74, 6) is -3.79. The second-order valence-electron chi connectivity index (χ2n) is 5.85. The van der Waals surface area contributed by atoms with Gasteiger partial charge in [0.05, 0.1) is 49.8 Å². The monoisotopic (exact) mass is 477 g/mol. The smallest absolute Gasteiger partial charge is 0.548 e. The van der Waals surface area contributed by atoms with Gasteiger partial charge in [0, 0.05) is 36.6 Å². The normalized spacial score (nSPS) is 11.7. The largest absolute Gasteiger partial charge is 2.00 e. The van der Waals surface area contributed by atoms with E-state index < -0.39 is 35.8 Å². The Hall–Kier alpha value is -3.26. The number of amides is 2. The summed E-state index contributed by atoms with van der Waals surface area (Å²) >= 11 is 0. The van der Waals surface area contributed by atoms with E-state index in [1.165, 1.54) is 25.0 Å². The van der Waals surface area contributed by atoms with Crippen LogP contribution in [-0.4, -0.2) is 68.9 Å². The van der Waals surface area contributed by atoms with Gasteiger partial charge in [-0.3, -0.25) is 9.59 Å². The van der Waals surface area contributed by atoms with Crippen molar-refractivity contribution in [1.82, 2.24) is 30.6 Å². The summed E-state index contributed by atoms with van der Waals surface area (Å²) in [5.41, 5.74) is 11.3. The molecule has 0 aliphatic rings. The molecule has 2 aromatic heterocycles. The van der Waals surface area contributed by atoms with Crippen LogP contribution in [0, 0.1) is 0 Å². The van der Waals surface area contributed by atoms with Gasteiger partial charge in [-0.1, -0.05) is 0 Å². The Bertz CT molecular complexity index is 746. The van der Waals surface area contributed by atoms with Crippen molar-refractivity contribution in [3.8, 4) is 0 Å². The first-order valence-electron chi connectivity index (χ1n) is 8.61. The Balaban J connectivity index is 0.000000562. The maximum Gasteiger partial charge on any atom is 2.00 e. The number of hydrogen-bond acceptors (Lipinski definition) is 10. The molecule has 169 valence electrons. The molecule has 2 aromatic rings. The molecule has 0 saturated heterocycles. The number of nitrogens with zero attached hydrogens (tertiary/aromatic N) is 2. The van der Waals surface area contributed by atoms with Crippen molar-refractivity contribution in [2.75, 3.05) is 13.1 Å². The fourth-order valence-corrected chi connectivity index (χ4v) is 2.13. The fourth-order valence-electron chi connectivity index (χ4n) is 2.13. The number of carboxylic acid groups (broad SMARTS) is 2. The standard InChI is InChI=1S/2C8H12N4O3.Mn/c2*9-2-7(13)12-6(8(14)15)1-5-3-10-4-11-5;/h2*3-4,6H,1-2,9H2,(H,10,11)(H,12,13)(H,14,15);/q;;+2/p-2/t2*6-;/m00./s1. The van der Waals surface area contributed by atoms with E-state index in [9.17, 15) is 29.4 Å². The van der Waals surface area contributed by atoms with Crippen LogP contribution in [0.2, 0.25) is 0 Å². The van der Waals surface area contributed by atoms with Gasteiger partial charge in [-0.2, -0.15) is 0 Å². The van der Waals surface area contributed by atoms with Crippen LogP contribution in [0.25, 0.3) is 0 Å². The Morgan fingerprint density at radius 2 is 1.19 bits per heavy atom. The molecule has 14 nitrogen and oxygen atoms in total. The van der Waals surface area contributed by atoms with Crippen LogP contribution in [0.15, 0.2) is 25.0 Å². The molecule has 2 rings (SSSR count). The van der Waals surface area contributed by atoms with Crippen LogP contribution in [-0.2, 0) is 49.1 Å². The quantitative estimate of drug-likeness (QED) is 0.177. The summed E-state index contributed by atoms with van der Waals surface area (Å²) in [6.07, 6.45) is 5.98. The number of aromatic nitrogens is 4. The first kappa shape index (κ1) is 27.7. The molecule has 0 aromatic carbocycles. The van der Waals surface area contributed by atoms with E-state index in [-0.39, 0.29) is 43.0 Å². The number of nitrogens with two attached hydrogens (primary N) is 2. The molecule has 15 heteroatoms. The van der Waals surface area contributed by atoms with E-state index in [2.05, 4.69) is 30.6 Å². The van der Waals surface area contributed by atoms with Gasteiger partial charge in [0.15, 0.2) is 0 Å². The molecule has 1 radical (unpaired) electrons. The van der Waals surface area contributed by atoms with Gasteiger partial charge >= 0.3 is 17.1 Å². The number of carbonyl (C=O) groups is 4. The summed E-state index contributed by atoms with van der Waals surface area (Å²) in [7, 11) is 0. The summed E-state index contributed by atoms with van der Waals surface area (Å²) < 4.78 is 0. The summed E-state index contributed by atoms with van der Waals surface area (Å²) in [6, 6.07) is -2.19. The number of imidazole rings is 2. The van der Waals surface area contributed by atoms with Crippen molar-refractivity contribution in [1.29, 1.82) is 0 Å². The first-order chi connectivity index (χ1) is 14.3. The molecule has 0 fully saturated rings. The van der Waals surface area contributed by atoms with E-state index in [4.69, 9.17) is 11.5 Å². The van der Waals surface area contributed by atoms with Gasteiger partial charge < -0.3 is 51.9 Å². The number of carbonyl (C=O) groups excluding carboxylic acids is 4. The van der Waals surface area contributed by atoms with Crippen molar-refractivity contribution >= 4 is 23.8 Å². The summed E-state index contributed by atoms with van der Waals surface area (Å²) in [6.45, 7) is -0.514. The van der Waals surface area contributed by atoms with E-state index in [0.29, 0.717) is 11.4 Å². The van der Waals surface area contributed by atoms with E-state index >= 15 is 0 Å². The average molecular weight is 477 g/mol. The molecule has 2 amide bonds. The van der Waals surface area contributed by atoms with E-state index in [1.54, 1.807) is 0 Å². The van der Waals surface area contributed by atoms with E-state index in [0.717, 1.165) is 0 Å². The maximum absolute atomic E-state index is 10.9. The summed E-state index contributed by atoms with van der Waals surface area (Å²) in [5, 5.41) is 25.8. The molecule has 8 N–H and O–H groups in total. The predicted octanol–water partition coefficient (Wildman–Crippen LogP) is -5.71. The van der Waals surface area contributed by atoms with E-state index in [1.807, 2.05) is 0 Å². The van der Waals surface area contributed by atoms with Crippen molar-refractivity contribution in [2.45, 2.75) is 24.9 Å². The topological polar surface area (TPSA) is 248 Å². The Morgan fingerprint density at radius 3 is 1.42 bits per heavy atom. The number of carboxylic acids is 2. The van der Waals surface area contributed by atoms with Gasteiger partial charge in [0.2, 0.25) is 11.8 Å². The van der Waals surface area contributed by atoms with Crippen molar-refractivity contribution in [3.63, 3.8) is 0 Å². The third-order valence-corrected chi connectivity index (χ3v) is 3.57. The Morgan fingerprint density at radius 1 is 0.839 bits per heavy atom. The molecule has 0 unspecified atom stereocenters. The van der Waals surface area contributed by atoms with Gasteiger partial charge in [-0.05, 0) is 0 Å². The number of aromatic amines is 2. The first-order valence-corrected chi connectivity index (χ1v) is 8.61. The van der Waals surface area contributed by atoms with Crippen LogP contribution in [0.5, 0.6) is 0 Å². The molecule has 0 bridgehead atoms. The minimum Gasteiger partial charge on any atom is -0.548 e. The van der Waals surface area contributed by atoms with Crippen molar-refractivity contribution in [2.24, 2.45) is 11.5 Å². The zero-order valence-corrected chi connectivity index (χ0v) is 17.3. The van der Waals surface area contributed by atoms with Gasteiger partial charge in [-0.25, -0.2) is 9.97 Å². The van der Waals surface area contributed by atoms with Crippen molar-refractivity contribution < 1.29 is 46.5 Å². The molecule has 0 spiro atoms. The molecular formula is C16H22MnN8O6. The number of rotatable bonds is 10. The number of H-pyrrole nitrogens is 2. The maximum atomic E-state index is 10.9. The molecule has 2 heterocycles. The predicted molar refractivity (Wildman–Crippen MR) is 96.6 cm³/mol. The number of nitrogens with one attached hydrogen (secondary N) is 4. The van der Waals surface area contributed by atoms with Crippen LogP contribution in [0.1, 0.15) is 11.4 Å². The van der Waals surface area contributed by atoms with Crippen LogP contribution in [0.4, 0.5) is 0 Å². The third-order valence-electron chi connectivity index (χ3n) is 3.57. The molecule has 2 atom stereocenters. The average Bonchev–Trinajstić information content (AvgIpc) is 3.41. The zero-order chi connectivity index (χ0) is 22.5. The molecule has 31 heavy (non-hydrogen) atoms. The SMILES string of the molecule is NCC(=O)N[C@@H](Cc1cnc[nH]1)C(=O)[O-].NCC(=O)N[C@@H](Cc1cnc[nH]1)C(=O)[O-].[Mn+2]. The van der Waals surface area contributed by atoms with Crippen LogP contribution in [0.3, 0.4) is 0 Å². The second-order valence-corrected chi connectivity index (χ2v) is 5.85. The minimum absolute atomic E-state index is 0. The second kappa shape index (κ2) is 14.7. The van der Waals surface area contributed by atoms with Gasteiger partial charge in [0.1, 0.15) is 0 Å². The minimum atomic E-state index is -1.36. The number of hydrogen-bond donors (Lipinski definition) is 6. The summed E-state index contributed by atoms with van der Waals surface area (Å²) in [4.78, 5) is 56.1. The molecule has 0 saturated carbocycles. The van der Waals surface area contributed by atoms with Crippen molar-refractivity contribution in [3.05, 3.63) is 36.4 Å². The van der Waals surface area contributed by atoms with Crippen LogP contribution >= 0.6 is 0 Å². The van der Waals surface area contributed by atoms with Crippen LogP contribution < -0.4 is 32.3 Å². The fraction of sp³-hybridized carbons (Fsp3) is 0.375. The molecule has 0 aliphatic heterocycles.